The molecule has 0 heterocycles. The second-order valence-electron chi connectivity index (χ2n) is 17.0. The van der Waals surface area contributed by atoms with E-state index in [1.54, 1.807) is 0 Å². The molecule has 0 spiro atoms. The zero-order chi connectivity index (χ0) is 41.6. The van der Waals surface area contributed by atoms with Gasteiger partial charge in [-0.15, -0.1) is 0 Å². The Bertz CT molecular complexity index is 3230. The lowest BCUT2D eigenvalue weighted by atomic mass is 9.81. The second kappa shape index (κ2) is 15.4. The highest BCUT2D eigenvalue weighted by atomic mass is 15.1. The number of hydrogen-bond acceptors (Lipinski definition) is 1. The fourth-order valence-electron chi connectivity index (χ4n) is 9.55. The van der Waals surface area contributed by atoms with Gasteiger partial charge in [0.1, 0.15) is 0 Å². The van der Waals surface area contributed by atoms with E-state index >= 15 is 0 Å². The lowest BCUT2D eigenvalue weighted by molar-refractivity contribution is 0.660. The molecule has 0 fully saturated rings. The molecule has 10 aromatic carbocycles. The van der Waals surface area contributed by atoms with Gasteiger partial charge >= 0.3 is 0 Å². The van der Waals surface area contributed by atoms with E-state index in [0.717, 1.165) is 17.1 Å². The zero-order valence-corrected chi connectivity index (χ0v) is 35.0. The van der Waals surface area contributed by atoms with Crippen molar-refractivity contribution in [1.82, 2.24) is 0 Å². The smallest absolute Gasteiger partial charge is 0.0540 e. The third-order valence-corrected chi connectivity index (χ3v) is 12.9. The van der Waals surface area contributed by atoms with Crippen molar-refractivity contribution in [1.29, 1.82) is 0 Å². The van der Waals surface area contributed by atoms with Gasteiger partial charge in [0.15, 0.2) is 0 Å². The van der Waals surface area contributed by atoms with Crippen LogP contribution in [0.1, 0.15) is 25.0 Å². The van der Waals surface area contributed by atoms with Gasteiger partial charge < -0.3 is 4.90 Å². The summed E-state index contributed by atoms with van der Waals surface area (Å²) in [7, 11) is 0. The molecule has 0 unspecified atom stereocenters. The van der Waals surface area contributed by atoms with Gasteiger partial charge in [0.05, 0.1) is 5.69 Å². The molecule has 0 aliphatic heterocycles. The van der Waals surface area contributed by atoms with Gasteiger partial charge in [-0.3, -0.25) is 0 Å². The molecular weight excluding hydrogens is 747 g/mol. The molecule has 0 radical (unpaired) electrons. The highest BCUT2D eigenvalue weighted by Gasteiger charge is 2.35. The fraction of sp³-hybridized carbons (Fsp3) is 0.0492. The van der Waals surface area contributed by atoms with Crippen LogP contribution in [0.2, 0.25) is 0 Å². The van der Waals surface area contributed by atoms with E-state index in [4.69, 9.17) is 0 Å². The van der Waals surface area contributed by atoms with Crippen LogP contribution in [-0.4, -0.2) is 0 Å². The summed E-state index contributed by atoms with van der Waals surface area (Å²) in [5.41, 5.74) is 20.8. The van der Waals surface area contributed by atoms with Crippen LogP contribution in [0, 0.1) is 0 Å². The SMILES string of the molecule is CC1(C)c2ccccc2-c2ccc(-c3ccc(N(c4ccc(-c5ccc(-c6cccc(-c7ccc8ccccc8c7)c6)cc5)cc4)c4ccccc4-c4ccccc4)cc3)cc21. The Morgan fingerprint density at radius 3 is 1.42 bits per heavy atom. The predicted octanol–water partition coefficient (Wildman–Crippen LogP) is 17.0. The fourth-order valence-corrected chi connectivity index (χ4v) is 9.55. The summed E-state index contributed by atoms with van der Waals surface area (Å²) < 4.78 is 0. The maximum atomic E-state index is 2.40. The van der Waals surface area contributed by atoms with Crippen LogP contribution in [0.3, 0.4) is 0 Å². The molecule has 1 heteroatoms. The molecule has 0 amide bonds. The van der Waals surface area contributed by atoms with E-state index in [2.05, 4.69) is 255 Å². The maximum Gasteiger partial charge on any atom is 0.0540 e. The standard InChI is InChI=1S/C61H45N/c1-61(2)58-21-10-8-20-56(58)57-38-33-52(41-59(57)61)46-31-36-54(37-32-46)62(60-22-11-9-19-55(60)47-14-4-3-5-15-47)53-34-29-44(30-35-53)43-23-25-45(26-24-43)49-17-12-18-50(39-49)51-28-27-42-13-6-7-16-48(42)40-51/h3-41H,1-2H3. The molecule has 0 aromatic heterocycles. The highest BCUT2D eigenvalue weighted by Crippen LogP contribution is 2.50. The van der Waals surface area contributed by atoms with Crippen LogP contribution in [0.15, 0.2) is 237 Å². The minimum absolute atomic E-state index is 0.0428. The Hall–Kier alpha value is -7.74. The Labute approximate surface area is 364 Å². The van der Waals surface area contributed by atoms with E-state index in [1.807, 2.05) is 0 Å². The van der Waals surface area contributed by atoms with Crippen molar-refractivity contribution < 1.29 is 0 Å². The molecule has 1 nitrogen and oxygen atoms in total. The summed E-state index contributed by atoms with van der Waals surface area (Å²) in [5.74, 6) is 0. The Morgan fingerprint density at radius 1 is 0.274 bits per heavy atom. The molecular formula is C61H45N. The summed E-state index contributed by atoms with van der Waals surface area (Å²) in [6.45, 7) is 4.69. The molecule has 0 bridgehead atoms. The van der Waals surface area contributed by atoms with Crippen molar-refractivity contribution in [3.63, 3.8) is 0 Å². The molecule has 294 valence electrons. The van der Waals surface area contributed by atoms with Gasteiger partial charge in [-0.1, -0.05) is 202 Å². The monoisotopic (exact) mass is 791 g/mol. The average molecular weight is 792 g/mol. The number of nitrogens with zero attached hydrogens (tertiary/aromatic N) is 1. The topological polar surface area (TPSA) is 3.24 Å². The van der Waals surface area contributed by atoms with Gasteiger partial charge in [-0.2, -0.15) is 0 Å². The third kappa shape index (κ3) is 6.69. The number of anilines is 3. The minimum atomic E-state index is -0.0428. The lowest BCUT2D eigenvalue weighted by Gasteiger charge is -2.28. The second-order valence-corrected chi connectivity index (χ2v) is 17.0. The summed E-state index contributed by atoms with van der Waals surface area (Å²) in [6.07, 6.45) is 0. The van der Waals surface area contributed by atoms with E-state index in [0.29, 0.717) is 0 Å². The van der Waals surface area contributed by atoms with Crippen LogP contribution in [0.5, 0.6) is 0 Å². The van der Waals surface area contributed by atoms with Crippen LogP contribution >= 0.6 is 0 Å². The lowest BCUT2D eigenvalue weighted by Crippen LogP contribution is -2.14. The van der Waals surface area contributed by atoms with Crippen molar-refractivity contribution in [3.05, 3.63) is 248 Å². The van der Waals surface area contributed by atoms with E-state index < -0.39 is 0 Å². The van der Waals surface area contributed by atoms with Gasteiger partial charge in [-0.05, 0) is 132 Å². The normalized spacial score (nSPS) is 12.5. The van der Waals surface area contributed by atoms with Crippen molar-refractivity contribution in [3.8, 4) is 66.8 Å². The largest absolute Gasteiger partial charge is 0.310 e. The van der Waals surface area contributed by atoms with Gasteiger partial charge in [-0.25, -0.2) is 0 Å². The Kier molecular flexibility index (Phi) is 9.24. The molecule has 0 saturated carbocycles. The van der Waals surface area contributed by atoms with Crippen molar-refractivity contribution in [2.75, 3.05) is 4.90 Å². The molecule has 0 atom stereocenters. The number of rotatable bonds is 8. The van der Waals surface area contributed by atoms with Crippen LogP contribution < -0.4 is 4.90 Å². The van der Waals surface area contributed by atoms with Crippen molar-refractivity contribution >= 4 is 27.8 Å². The van der Waals surface area contributed by atoms with Gasteiger partial charge in [0.2, 0.25) is 0 Å². The third-order valence-electron chi connectivity index (χ3n) is 12.9. The number of benzene rings is 10. The molecule has 62 heavy (non-hydrogen) atoms. The summed E-state index contributed by atoms with van der Waals surface area (Å²) in [6, 6.07) is 86.5. The average Bonchev–Trinajstić information content (AvgIpc) is 3.57. The van der Waals surface area contributed by atoms with Crippen LogP contribution in [0.4, 0.5) is 17.1 Å². The molecule has 1 aliphatic carbocycles. The summed E-state index contributed by atoms with van der Waals surface area (Å²) in [5, 5.41) is 2.52. The first-order valence-electron chi connectivity index (χ1n) is 21.6. The highest BCUT2D eigenvalue weighted by molar-refractivity contribution is 5.91. The number of fused-ring (bicyclic) bond motifs is 4. The number of hydrogen-bond donors (Lipinski definition) is 0. The van der Waals surface area contributed by atoms with Gasteiger partial charge in [0.25, 0.3) is 0 Å². The summed E-state index contributed by atoms with van der Waals surface area (Å²) in [4.78, 5) is 2.39. The van der Waals surface area contributed by atoms with E-state index in [9.17, 15) is 0 Å². The predicted molar refractivity (Wildman–Crippen MR) is 263 cm³/mol. The Balaban J connectivity index is 0.909. The molecule has 10 aromatic rings. The Morgan fingerprint density at radius 2 is 0.726 bits per heavy atom. The molecule has 1 aliphatic rings. The molecule has 0 saturated heterocycles. The van der Waals surface area contributed by atoms with E-state index in [-0.39, 0.29) is 5.41 Å². The van der Waals surface area contributed by atoms with Crippen molar-refractivity contribution in [2.45, 2.75) is 19.3 Å². The zero-order valence-electron chi connectivity index (χ0n) is 35.0. The summed E-state index contributed by atoms with van der Waals surface area (Å²) >= 11 is 0. The molecule has 11 rings (SSSR count). The van der Waals surface area contributed by atoms with Crippen LogP contribution in [0.25, 0.3) is 77.5 Å². The van der Waals surface area contributed by atoms with Crippen LogP contribution in [-0.2, 0) is 5.41 Å². The van der Waals surface area contributed by atoms with Crippen molar-refractivity contribution in [2.24, 2.45) is 0 Å². The molecule has 0 N–H and O–H groups in total. The first-order chi connectivity index (χ1) is 30.5. The number of para-hydroxylation sites is 1. The van der Waals surface area contributed by atoms with E-state index in [1.165, 1.54) is 88.7 Å². The first kappa shape index (κ1) is 37.3. The maximum absolute atomic E-state index is 2.40. The van der Waals surface area contributed by atoms with Gasteiger partial charge in [0, 0.05) is 22.4 Å². The quantitative estimate of drug-likeness (QED) is 0.148. The minimum Gasteiger partial charge on any atom is -0.310 e. The first-order valence-corrected chi connectivity index (χ1v) is 21.6.